The van der Waals surface area contributed by atoms with Gasteiger partial charge in [0.15, 0.2) is 0 Å². The zero-order valence-electron chi connectivity index (χ0n) is 11.6. The standard InChI is InChI=1S/C13H19N3O4/c1-3-7-16-11(17)6-5-10(15-16)12(18)14-8-9(4-2)13(19)20/h5-6,9H,3-4,7-8H2,1-2H3,(H,14,18)(H,19,20). The second-order valence-corrected chi connectivity index (χ2v) is 4.43. The van der Waals surface area contributed by atoms with Gasteiger partial charge in [-0.25, -0.2) is 4.68 Å². The lowest BCUT2D eigenvalue weighted by atomic mass is 10.1. The lowest BCUT2D eigenvalue weighted by Crippen LogP contribution is -2.34. The summed E-state index contributed by atoms with van der Waals surface area (Å²) in [4.78, 5) is 34.2. The molecule has 2 N–H and O–H groups in total. The molecule has 1 aromatic heterocycles. The minimum Gasteiger partial charge on any atom is -0.481 e. The van der Waals surface area contributed by atoms with Crippen molar-refractivity contribution in [2.75, 3.05) is 6.54 Å². The first-order chi connectivity index (χ1) is 9.49. The summed E-state index contributed by atoms with van der Waals surface area (Å²) in [5.41, 5.74) is -0.154. The van der Waals surface area contributed by atoms with Crippen molar-refractivity contribution in [2.45, 2.75) is 33.2 Å². The average Bonchev–Trinajstić information content (AvgIpc) is 2.41. The number of aromatic nitrogens is 2. The fourth-order valence-corrected chi connectivity index (χ4v) is 1.65. The van der Waals surface area contributed by atoms with Gasteiger partial charge in [-0.3, -0.25) is 14.4 Å². The van der Waals surface area contributed by atoms with Crippen LogP contribution in [0.3, 0.4) is 0 Å². The highest BCUT2D eigenvalue weighted by molar-refractivity contribution is 5.92. The van der Waals surface area contributed by atoms with E-state index in [9.17, 15) is 14.4 Å². The van der Waals surface area contributed by atoms with Gasteiger partial charge >= 0.3 is 5.97 Å². The number of carbonyl (C=O) groups is 2. The molecule has 0 radical (unpaired) electrons. The third-order valence-corrected chi connectivity index (χ3v) is 2.89. The van der Waals surface area contributed by atoms with Crippen LogP contribution in [0.1, 0.15) is 37.2 Å². The number of aliphatic carboxylic acids is 1. The Bertz CT molecular complexity index is 539. The first kappa shape index (κ1) is 15.9. The van der Waals surface area contributed by atoms with E-state index in [1.54, 1.807) is 6.92 Å². The molecule has 1 rings (SSSR count). The Hall–Kier alpha value is -2.18. The summed E-state index contributed by atoms with van der Waals surface area (Å²) in [7, 11) is 0. The molecule has 0 fully saturated rings. The molecule has 0 spiro atoms. The second-order valence-electron chi connectivity index (χ2n) is 4.43. The predicted octanol–water partition coefficient (Wildman–Crippen LogP) is 0.494. The summed E-state index contributed by atoms with van der Waals surface area (Å²) in [6.45, 7) is 4.12. The first-order valence-corrected chi connectivity index (χ1v) is 6.58. The Kier molecular flexibility index (Phi) is 5.89. The van der Waals surface area contributed by atoms with E-state index in [0.717, 1.165) is 6.42 Å². The molecule has 0 saturated heterocycles. The third-order valence-electron chi connectivity index (χ3n) is 2.89. The van der Waals surface area contributed by atoms with Crippen molar-refractivity contribution in [3.05, 3.63) is 28.2 Å². The summed E-state index contributed by atoms with van der Waals surface area (Å²) in [5.74, 6) is -2.05. The van der Waals surface area contributed by atoms with Crippen molar-refractivity contribution in [1.82, 2.24) is 15.1 Å². The fourth-order valence-electron chi connectivity index (χ4n) is 1.65. The van der Waals surface area contributed by atoms with Crippen molar-refractivity contribution >= 4 is 11.9 Å². The molecular weight excluding hydrogens is 262 g/mol. The van der Waals surface area contributed by atoms with Crippen molar-refractivity contribution in [3.63, 3.8) is 0 Å². The normalized spacial score (nSPS) is 11.9. The molecule has 0 aliphatic heterocycles. The van der Waals surface area contributed by atoms with Crippen LogP contribution in [0.2, 0.25) is 0 Å². The Balaban J connectivity index is 2.75. The maximum Gasteiger partial charge on any atom is 0.308 e. The van der Waals surface area contributed by atoms with Gasteiger partial charge in [0, 0.05) is 19.2 Å². The van der Waals surface area contributed by atoms with Crippen LogP contribution >= 0.6 is 0 Å². The molecule has 0 bridgehead atoms. The fraction of sp³-hybridized carbons (Fsp3) is 0.538. The van der Waals surface area contributed by atoms with Gasteiger partial charge in [-0.15, -0.1) is 0 Å². The molecular formula is C13H19N3O4. The van der Waals surface area contributed by atoms with Gasteiger partial charge in [-0.1, -0.05) is 13.8 Å². The average molecular weight is 281 g/mol. The van der Waals surface area contributed by atoms with Crippen LogP contribution in [-0.2, 0) is 11.3 Å². The molecule has 0 aromatic carbocycles. The quantitative estimate of drug-likeness (QED) is 0.757. The van der Waals surface area contributed by atoms with E-state index in [2.05, 4.69) is 10.4 Å². The van der Waals surface area contributed by atoms with Crippen LogP contribution < -0.4 is 10.9 Å². The summed E-state index contributed by atoms with van der Waals surface area (Å²) >= 11 is 0. The van der Waals surface area contributed by atoms with E-state index in [0.29, 0.717) is 13.0 Å². The molecule has 7 heteroatoms. The minimum absolute atomic E-state index is 0.0409. The molecule has 7 nitrogen and oxygen atoms in total. The van der Waals surface area contributed by atoms with E-state index in [1.807, 2.05) is 6.92 Å². The number of aryl methyl sites for hydroxylation is 1. The molecule has 0 aliphatic carbocycles. The van der Waals surface area contributed by atoms with Crippen molar-refractivity contribution in [3.8, 4) is 0 Å². The van der Waals surface area contributed by atoms with Gasteiger partial charge in [0.1, 0.15) is 5.69 Å². The molecule has 0 aliphatic rings. The lowest BCUT2D eigenvalue weighted by Gasteiger charge is -2.11. The number of hydrogen-bond donors (Lipinski definition) is 2. The van der Waals surface area contributed by atoms with E-state index >= 15 is 0 Å². The van der Waals surface area contributed by atoms with Gasteiger partial charge in [-0.05, 0) is 18.9 Å². The summed E-state index contributed by atoms with van der Waals surface area (Å²) in [6, 6.07) is 2.62. The number of nitrogens with one attached hydrogen (secondary N) is 1. The zero-order chi connectivity index (χ0) is 15.1. The monoisotopic (exact) mass is 281 g/mol. The van der Waals surface area contributed by atoms with Crippen LogP contribution in [0, 0.1) is 5.92 Å². The summed E-state index contributed by atoms with van der Waals surface area (Å²) < 4.78 is 1.23. The number of rotatable bonds is 7. The number of carboxylic acid groups (broad SMARTS) is 1. The van der Waals surface area contributed by atoms with Gasteiger partial charge in [0.25, 0.3) is 11.5 Å². The Morgan fingerprint density at radius 2 is 2.10 bits per heavy atom. The molecule has 1 heterocycles. The number of carbonyl (C=O) groups excluding carboxylic acids is 1. The van der Waals surface area contributed by atoms with Crippen LogP contribution in [0.15, 0.2) is 16.9 Å². The molecule has 1 aromatic rings. The highest BCUT2D eigenvalue weighted by Crippen LogP contribution is 2.01. The maximum absolute atomic E-state index is 11.9. The SMILES string of the molecule is CCCn1nc(C(=O)NCC(CC)C(=O)O)ccc1=O. The molecule has 1 unspecified atom stereocenters. The smallest absolute Gasteiger partial charge is 0.308 e. The Labute approximate surface area is 116 Å². The van der Waals surface area contributed by atoms with E-state index in [4.69, 9.17) is 5.11 Å². The Morgan fingerprint density at radius 3 is 2.65 bits per heavy atom. The van der Waals surface area contributed by atoms with Gasteiger partial charge in [0.2, 0.25) is 0 Å². The number of carboxylic acids is 1. The molecule has 20 heavy (non-hydrogen) atoms. The van der Waals surface area contributed by atoms with Crippen molar-refractivity contribution in [1.29, 1.82) is 0 Å². The third kappa shape index (κ3) is 4.18. The highest BCUT2D eigenvalue weighted by atomic mass is 16.4. The number of hydrogen-bond acceptors (Lipinski definition) is 4. The largest absolute Gasteiger partial charge is 0.481 e. The first-order valence-electron chi connectivity index (χ1n) is 6.58. The van der Waals surface area contributed by atoms with Crippen LogP contribution in [0.25, 0.3) is 0 Å². The molecule has 1 atom stereocenters. The van der Waals surface area contributed by atoms with Crippen molar-refractivity contribution in [2.24, 2.45) is 5.92 Å². The minimum atomic E-state index is -0.947. The maximum atomic E-state index is 11.9. The van der Waals surface area contributed by atoms with E-state index in [-0.39, 0.29) is 17.8 Å². The van der Waals surface area contributed by atoms with Gasteiger partial charge in [0.05, 0.1) is 5.92 Å². The number of amides is 1. The van der Waals surface area contributed by atoms with Crippen LogP contribution in [0.5, 0.6) is 0 Å². The molecule has 1 amide bonds. The van der Waals surface area contributed by atoms with E-state index in [1.165, 1.54) is 16.8 Å². The zero-order valence-corrected chi connectivity index (χ0v) is 11.6. The summed E-state index contributed by atoms with van der Waals surface area (Å²) in [6.07, 6.45) is 1.16. The topological polar surface area (TPSA) is 101 Å². The summed E-state index contributed by atoms with van der Waals surface area (Å²) in [5, 5.41) is 15.4. The highest BCUT2D eigenvalue weighted by Gasteiger charge is 2.17. The van der Waals surface area contributed by atoms with Crippen LogP contribution in [0.4, 0.5) is 0 Å². The Morgan fingerprint density at radius 1 is 1.40 bits per heavy atom. The van der Waals surface area contributed by atoms with Gasteiger partial charge in [-0.2, -0.15) is 5.10 Å². The van der Waals surface area contributed by atoms with Crippen molar-refractivity contribution < 1.29 is 14.7 Å². The van der Waals surface area contributed by atoms with E-state index < -0.39 is 17.8 Å². The van der Waals surface area contributed by atoms with Gasteiger partial charge < -0.3 is 10.4 Å². The molecule has 0 saturated carbocycles. The lowest BCUT2D eigenvalue weighted by molar-refractivity contribution is -0.141. The predicted molar refractivity (Wildman–Crippen MR) is 72.5 cm³/mol. The number of nitrogens with zero attached hydrogens (tertiary/aromatic N) is 2. The second kappa shape index (κ2) is 7.42. The molecule has 110 valence electrons. The van der Waals surface area contributed by atoms with Crippen LogP contribution in [-0.4, -0.2) is 33.3 Å².